The maximum Gasteiger partial charge on any atom is 0.265 e. The first kappa shape index (κ1) is 31.2. The molecule has 2 spiro atoms. The van der Waals surface area contributed by atoms with Gasteiger partial charge in [-0.2, -0.15) is 5.43 Å². The molecule has 6 aliphatic rings. The third-order valence-electron chi connectivity index (χ3n) is 11.5. The van der Waals surface area contributed by atoms with Gasteiger partial charge in [0, 0.05) is 42.7 Å². The number of anilines is 3. The van der Waals surface area contributed by atoms with Crippen molar-refractivity contribution in [2.24, 2.45) is 22.7 Å². The number of fused-ring (bicyclic) bond motifs is 7. The summed E-state index contributed by atoms with van der Waals surface area (Å²) in [5.74, 6) is -1.21. The van der Waals surface area contributed by atoms with Gasteiger partial charge < -0.3 is 35.4 Å². The number of hydrogen-bond acceptors (Lipinski definition) is 13. The molecule has 5 heterocycles. The van der Waals surface area contributed by atoms with E-state index in [9.17, 15) is 25.2 Å². The van der Waals surface area contributed by atoms with Crippen molar-refractivity contribution in [2.45, 2.75) is 87.1 Å². The maximum absolute atomic E-state index is 13.7. The zero-order chi connectivity index (χ0) is 33.0. The van der Waals surface area contributed by atoms with Crippen LogP contribution in [-0.4, -0.2) is 80.5 Å². The maximum atomic E-state index is 13.7. The minimum absolute atomic E-state index is 0.0549. The van der Waals surface area contributed by atoms with Crippen LogP contribution in [0.15, 0.2) is 41.6 Å². The molecule has 3 aliphatic carbocycles. The average molecular weight is 664 g/mol. The molecular weight excluding hydrogens is 621 g/mol. The van der Waals surface area contributed by atoms with Crippen LogP contribution in [-0.2, 0) is 4.74 Å². The van der Waals surface area contributed by atoms with Crippen LogP contribution in [0.3, 0.4) is 0 Å². The van der Waals surface area contributed by atoms with E-state index in [4.69, 9.17) is 9.72 Å². The molecule has 3 atom stereocenters. The molecule has 0 radical (unpaired) electrons. The van der Waals surface area contributed by atoms with Crippen molar-refractivity contribution in [2.75, 3.05) is 28.3 Å². The Morgan fingerprint density at radius 2 is 1.83 bits per heavy atom. The smallest absolute Gasteiger partial charge is 0.265 e. The van der Waals surface area contributed by atoms with Gasteiger partial charge in [-0.05, 0) is 106 Å². The fourth-order valence-electron chi connectivity index (χ4n) is 8.83. The molecule has 4 fully saturated rings. The molecular formula is C32H42BN7O6S. The molecule has 2 aromatic rings. The van der Waals surface area contributed by atoms with E-state index in [1.54, 1.807) is 41.6 Å². The van der Waals surface area contributed by atoms with Crippen molar-refractivity contribution in [1.29, 1.82) is 0 Å². The summed E-state index contributed by atoms with van der Waals surface area (Å²) < 4.78 is 8.80. The van der Waals surface area contributed by atoms with E-state index in [1.165, 1.54) is 7.85 Å². The Hall–Kier alpha value is -3.08. The number of nitrogens with one attached hydrogen (secondary N) is 3. The Morgan fingerprint density at radius 1 is 1.09 bits per heavy atom. The molecule has 47 heavy (non-hydrogen) atoms. The molecule has 13 nitrogen and oxygen atoms in total. The standard InChI is InChI=1S/C32H42BN7O6S/c1-28(2)16-18-4-3-14-34-24-20(41)6-8-23(36-24)47-38-26(42)19-5-7-21(35-25(19)39(28)17-18)40-15-9-22(37-40)46-32(33,45)31(43,44)27-29(10-11-29)30(27)12-13-30/h5-9,15,18,22,27,37,41,43-45H,3-4,10-14,16-17,33H2,1-2H3,(H,34,36)(H,38,42). The normalized spacial score (nSPS) is 28.2. The van der Waals surface area contributed by atoms with E-state index in [0.717, 1.165) is 63.4 Å². The van der Waals surface area contributed by atoms with Crippen molar-refractivity contribution >= 4 is 43.2 Å². The molecule has 7 N–H and O–H groups in total. The highest BCUT2D eigenvalue weighted by Gasteiger charge is 2.92. The first-order valence-electron chi connectivity index (χ1n) is 16.5. The largest absolute Gasteiger partial charge is 0.504 e. The number of carbonyl (C=O) groups is 1. The van der Waals surface area contributed by atoms with Crippen molar-refractivity contribution in [3.05, 3.63) is 42.1 Å². The number of aliphatic hydroxyl groups is 3. The van der Waals surface area contributed by atoms with Crippen LogP contribution < -0.4 is 25.4 Å². The summed E-state index contributed by atoms with van der Waals surface area (Å²) in [6.07, 6.45) is 9.18. The van der Waals surface area contributed by atoms with Crippen LogP contribution >= 0.6 is 11.9 Å². The molecule has 250 valence electrons. The predicted molar refractivity (Wildman–Crippen MR) is 178 cm³/mol. The summed E-state index contributed by atoms with van der Waals surface area (Å²) in [6, 6.07) is 6.69. The Morgan fingerprint density at radius 3 is 2.55 bits per heavy atom. The Balaban J connectivity index is 1.03. The third kappa shape index (κ3) is 5.00. The van der Waals surface area contributed by atoms with Crippen molar-refractivity contribution < 1.29 is 30.0 Å². The van der Waals surface area contributed by atoms with Crippen LogP contribution in [0.2, 0.25) is 0 Å². The highest BCUT2D eigenvalue weighted by Crippen LogP contribution is 2.94. The third-order valence-corrected chi connectivity index (χ3v) is 12.2. The van der Waals surface area contributed by atoms with Gasteiger partial charge in [-0.1, -0.05) is 0 Å². The second-order valence-electron chi connectivity index (χ2n) is 15.0. The minimum atomic E-state index is -2.38. The number of pyridine rings is 2. The van der Waals surface area contributed by atoms with Crippen molar-refractivity contribution in [1.82, 2.24) is 20.1 Å². The van der Waals surface area contributed by atoms with E-state index in [1.807, 2.05) is 0 Å². The summed E-state index contributed by atoms with van der Waals surface area (Å²) in [6.45, 7) is 5.72. The second-order valence-corrected chi connectivity index (χ2v) is 15.8. The number of rotatable bonds is 5. The molecule has 8 rings (SSSR count). The molecule has 0 aromatic carbocycles. The summed E-state index contributed by atoms with van der Waals surface area (Å²) in [4.78, 5) is 25.3. The van der Waals surface area contributed by atoms with Gasteiger partial charge in [0.2, 0.25) is 5.79 Å². The van der Waals surface area contributed by atoms with Crippen LogP contribution in [0.25, 0.3) is 0 Å². The fourth-order valence-corrected chi connectivity index (χ4v) is 9.41. The lowest BCUT2D eigenvalue weighted by molar-refractivity contribution is -0.351. The average Bonchev–Trinajstić information content (AvgIpc) is 3.97. The van der Waals surface area contributed by atoms with Crippen LogP contribution in [0, 0.1) is 22.7 Å². The Labute approximate surface area is 278 Å². The van der Waals surface area contributed by atoms with E-state index < -0.39 is 23.6 Å². The van der Waals surface area contributed by atoms with E-state index in [0.29, 0.717) is 40.5 Å². The van der Waals surface area contributed by atoms with Gasteiger partial charge in [-0.25, -0.2) is 9.97 Å². The van der Waals surface area contributed by atoms with E-state index >= 15 is 0 Å². The van der Waals surface area contributed by atoms with E-state index in [2.05, 4.69) is 39.2 Å². The van der Waals surface area contributed by atoms with Gasteiger partial charge in [0.1, 0.15) is 22.9 Å². The highest BCUT2D eigenvalue weighted by molar-refractivity contribution is 7.97. The van der Waals surface area contributed by atoms with Crippen LogP contribution in [0.5, 0.6) is 5.75 Å². The number of amides is 1. The van der Waals surface area contributed by atoms with Gasteiger partial charge >= 0.3 is 0 Å². The van der Waals surface area contributed by atoms with Crippen molar-refractivity contribution in [3.8, 4) is 5.75 Å². The summed E-state index contributed by atoms with van der Waals surface area (Å²) in [5, 5.41) is 49.4. The zero-order valence-corrected chi connectivity index (χ0v) is 27.7. The van der Waals surface area contributed by atoms with E-state index in [-0.39, 0.29) is 28.0 Å². The van der Waals surface area contributed by atoms with Gasteiger partial charge in [0.25, 0.3) is 5.91 Å². The SMILES string of the molecule is BC(O)(OC1C=CN(c2ccc3c(n2)N2CC(CCCNc4nc(ccc4O)SNC3=O)CC2(C)C)N1)C(O)(O)C1C2(CC2)C12CC2. The molecule has 1 saturated heterocycles. The summed E-state index contributed by atoms with van der Waals surface area (Å²) in [7, 11) is 1.31. The molecule has 3 unspecified atom stereocenters. The fraction of sp³-hybridized carbons (Fsp3) is 0.594. The first-order chi connectivity index (χ1) is 22.3. The van der Waals surface area contributed by atoms with Gasteiger partial charge in [0.15, 0.2) is 25.1 Å². The number of aromatic hydroxyl groups is 1. The molecule has 4 bridgehead atoms. The van der Waals surface area contributed by atoms with Crippen molar-refractivity contribution in [3.63, 3.8) is 0 Å². The number of carbonyl (C=O) groups excluding carboxylic acids is 1. The number of ether oxygens (including phenoxy) is 1. The Bertz CT molecular complexity index is 1630. The number of nitrogens with zero attached hydrogens (tertiary/aromatic N) is 4. The number of hydrogen-bond donors (Lipinski definition) is 7. The van der Waals surface area contributed by atoms with Gasteiger partial charge in [-0.15, -0.1) is 0 Å². The lowest BCUT2D eigenvalue weighted by Crippen LogP contribution is -2.61. The topological polar surface area (TPSA) is 176 Å². The quantitative estimate of drug-likeness (QED) is 0.140. The predicted octanol–water partition coefficient (Wildman–Crippen LogP) is 1.76. The first-order valence-corrected chi connectivity index (χ1v) is 17.4. The zero-order valence-electron chi connectivity index (χ0n) is 26.9. The lowest BCUT2D eigenvalue weighted by atomic mass is 9.81. The molecule has 2 aromatic heterocycles. The van der Waals surface area contributed by atoms with Gasteiger partial charge in [-0.3, -0.25) is 14.5 Å². The summed E-state index contributed by atoms with van der Waals surface area (Å²) >= 11 is 1.07. The van der Waals surface area contributed by atoms with Gasteiger partial charge in [0.05, 0.1) is 5.56 Å². The lowest BCUT2D eigenvalue weighted by Gasteiger charge is -2.39. The molecule has 1 amide bonds. The molecule has 3 saturated carbocycles. The minimum Gasteiger partial charge on any atom is -0.504 e. The van der Waals surface area contributed by atoms with Crippen LogP contribution in [0.4, 0.5) is 17.5 Å². The van der Waals surface area contributed by atoms with Crippen LogP contribution in [0.1, 0.15) is 69.2 Å². The number of aromatic nitrogens is 2. The second kappa shape index (κ2) is 10.5. The monoisotopic (exact) mass is 663 g/mol. The Kier molecular flexibility index (Phi) is 6.95. The highest BCUT2D eigenvalue weighted by atomic mass is 32.2. The molecule has 3 aliphatic heterocycles. The molecule has 15 heteroatoms. The number of hydrazine groups is 1. The summed E-state index contributed by atoms with van der Waals surface area (Å²) in [5.41, 5.74) is 0.970.